The van der Waals surface area contributed by atoms with Gasteiger partial charge in [-0.05, 0) is 62.1 Å². The van der Waals surface area contributed by atoms with Crippen LogP contribution in [0.25, 0.3) is 0 Å². The largest absolute Gasteiger partial charge is 0.484 e. The summed E-state index contributed by atoms with van der Waals surface area (Å²) in [6.45, 7) is 8.01. The Morgan fingerprint density at radius 3 is 2.40 bits per heavy atom. The van der Waals surface area contributed by atoms with Crippen LogP contribution < -0.4 is 10.1 Å². The fourth-order valence-corrected chi connectivity index (χ4v) is 3.21. The second-order valence-electron chi connectivity index (χ2n) is 7.50. The van der Waals surface area contributed by atoms with Crippen molar-refractivity contribution in [3.63, 3.8) is 0 Å². The monoisotopic (exact) mass is 430 g/mol. The van der Waals surface area contributed by atoms with E-state index in [0.717, 1.165) is 17.5 Å². The van der Waals surface area contributed by atoms with Gasteiger partial charge in [0.15, 0.2) is 6.61 Å². The summed E-state index contributed by atoms with van der Waals surface area (Å²) in [5.41, 5.74) is 1.95. The summed E-state index contributed by atoms with van der Waals surface area (Å²) in [4.78, 5) is 27.6. The van der Waals surface area contributed by atoms with E-state index in [2.05, 4.69) is 5.32 Å². The van der Waals surface area contributed by atoms with Gasteiger partial charge in [-0.25, -0.2) is 0 Å². The molecule has 6 heteroatoms. The Kier molecular flexibility index (Phi) is 9.18. The first-order valence-corrected chi connectivity index (χ1v) is 10.8. The molecule has 0 aliphatic rings. The van der Waals surface area contributed by atoms with Gasteiger partial charge in [-0.2, -0.15) is 0 Å². The highest BCUT2D eigenvalue weighted by atomic mass is 35.5. The zero-order valence-corrected chi connectivity index (χ0v) is 18.9. The van der Waals surface area contributed by atoms with Crippen molar-refractivity contribution in [2.75, 3.05) is 6.61 Å². The number of nitrogens with one attached hydrogen (secondary N) is 1. The molecule has 0 bridgehead atoms. The van der Waals surface area contributed by atoms with Gasteiger partial charge in [0.25, 0.3) is 5.91 Å². The van der Waals surface area contributed by atoms with Gasteiger partial charge < -0.3 is 15.0 Å². The second-order valence-corrected chi connectivity index (χ2v) is 7.93. The standard InChI is InChI=1S/C24H31ClN2O3/c1-5-18(4)26-24(29)22(6-2)27(15-19-10-12-20(25)13-11-19)23(28)16-30-21-9-7-8-17(3)14-21/h7-14,18,22H,5-6,15-16H2,1-4H3,(H,26,29)/t18-,22-/m0/s1. The fourth-order valence-electron chi connectivity index (χ4n) is 3.08. The van der Waals surface area contributed by atoms with E-state index in [9.17, 15) is 9.59 Å². The van der Waals surface area contributed by atoms with Crippen LogP contribution in [-0.2, 0) is 16.1 Å². The molecule has 0 unspecified atom stereocenters. The first kappa shape index (κ1) is 23.7. The molecule has 2 aromatic carbocycles. The highest BCUT2D eigenvalue weighted by Gasteiger charge is 2.29. The Hall–Kier alpha value is -2.53. The summed E-state index contributed by atoms with van der Waals surface area (Å²) in [5, 5.41) is 3.62. The maximum atomic E-state index is 13.1. The van der Waals surface area contributed by atoms with Crippen LogP contribution in [0.3, 0.4) is 0 Å². The van der Waals surface area contributed by atoms with Gasteiger partial charge in [0.2, 0.25) is 5.91 Å². The maximum Gasteiger partial charge on any atom is 0.261 e. The summed E-state index contributed by atoms with van der Waals surface area (Å²) in [6.07, 6.45) is 1.33. The lowest BCUT2D eigenvalue weighted by Crippen LogP contribution is -2.51. The van der Waals surface area contributed by atoms with Gasteiger partial charge >= 0.3 is 0 Å². The molecule has 0 saturated heterocycles. The maximum absolute atomic E-state index is 13.1. The number of halogens is 1. The van der Waals surface area contributed by atoms with Crippen molar-refractivity contribution in [3.05, 3.63) is 64.7 Å². The van der Waals surface area contributed by atoms with Crippen LogP contribution >= 0.6 is 11.6 Å². The number of rotatable bonds is 10. The molecule has 2 rings (SSSR count). The van der Waals surface area contributed by atoms with E-state index < -0.39 is 6.04 Å². The Labute approximate surface area is 184 Å². The summed E-state index contributed by atoms with van der Waals surface area (Å²) in [6, 6.07) is 14.3. The Bertz CT molecular complexity index is 839. The molecular weight excluding hydrogens is 400 g/mol. The SMILES string of the molecule is CC[C@H](C)NC(=O)[C@H](CC)N(Cc1ccc(Cl)cc1)C(=O)COc1cccc(C)c1. The summed E-state index contributed by atoms with van der Waals surface area (Å²) in [5.74, 6) is 0.245. The average molecular weight is 431 g/mol. The van der Waals surface area contributed by atoms with Crippen LogP contribution in [0, 0.1) is 6.92 Å². The van der Waals surface area contributed by atoms with Crippen molar-refractivity contribution in [3.8, 4) is 5.75 Å². The van der Waals surface area contributed by atoms with Crippen LogP contribution in [0.5, 0.6) is 5.75 Å². The topological polar surface area (TPSA) is 58.6 Å². The van der Waals surface area contributed by atoms with Crippen molar-refractivity contribution >= 4 is 23.4 Å². The molecule has 30 heavy (non-hydrogen) atoms. The summed E-state index contributed by atoms with van der Waals surface area (Å²) >= 11 is 5.99. The predicted molar refractivity (Wildman–Crippen MR) is 121 cm³/mol. The lowest BCUT2D eigenvalue weighted by Gasteiger charge is -2.31. The van der Waals surface area contributed by atoms with E-state index in [1.165, 1.54) is 0 Å². The first-order chi connectivity index (χ1) is 14.3. The smallest absolute Gasteiger partial charge is 0.261 e. The van der Waals surface area contributed by atoms with Gasteiger partial charge in [0, 0.05) is 17.6 Å². The van der Waals surface area contributed by atoms with E-state index in [0.29, 0.717) is 23.7 Å². The fraction of sp³-hybridized carbons (Fsp3) is 0.417. The van der Waals surface area contributed by atoms with Crippen LogP contribution in [0.15, 0.2) is 48.5 Å². The molecule has 2 atom stereocenters. The highest BCUT2D eigenvalue weighted by molar-refractivity contribution is 6.30. The lowest BCUT2D eigenvalue weighted by molar-refractivity contribution is -0.143. The molecule has 0 aromatic heterocycles. The van der Waals surface area contributed by atoms with Crippen molar-refractivity contribution in [1.29, 1.82) is 0 Å². The minimum atomic E-state index is -0.580. The molecule has 0 heterocycles. The highest BCUT2D eigenvalue weighted by Crippen LogP contribution is 2.17. The molecule has 2 amide bonds. The number of carbonyl (C=O) groups is 2. The van der Waals surface area contributed by atoms with Gasteiger partial charge in [-0.3, -0.25) is 9.59 Å². The third-order valence-electron chi connectivity index (χ3n) is 5.00. The number of amides is 2. The van der Waals surface area contributed by atoms with Crippen molar-refractivity contribution in [2.45, 2.75) is 59.2 Å². The molecule has 0 fully saturated rings. The summed E-state index contributed by atoms with van der Waals surface area (Å²) in [7, 11) is 0. The number of hydrogen-bond donors (Lipinski definition) is 1. The minimum absolute atomic E-state index is 0.0441. The molecule has 0 saturated carbocycles. The normalized spacial score (nSPS) is 12.7. The number of aryl methyl sites for hydroxylation is 1. The molecule has 5 nitrogen and oxygen atoms in total. The third kappa shape index (κ3) is 7.06. The molecule has 0 spiro atoms. The van der Waals surface area contributed by atoms with Crippen molar-refractivity contribution in [2.24, 2.45) is 0 Å². The molecule has 0 aliphatic carbocycles. The molecular formula is C24H31ClN2O3. The van der Waals surface area contributed by atoms with E-state index in [-0.39, 0.29) is 24.5 Å². The third-order valence-corrected chi connectivity index (χ3v) is 5.26. The molecule has 0 aliphatic heterocycles. The van der Waals surface area contributed by atoms with E-state index in [4.69, 9.17) is 16.3 Å². The zero-order chi connectivity index (χ0) is 22.1. The van der Waals surface area contributed by atoms with Gasteiger partial charge in [-0.1, -0.05) is 49.7 Å². The number of nitrogens with zero attached hydrogens (tertiary/aromatic N) is 1. The van der Waals surface area contributed by atoms with Gasteiger partial charge in [0.1, 0.15) is 11.8 Å². The number of carbonyl (C=O) groups excluding carboxylic acids is 2. The van der Waals surface area contributed by atoms with Crippen LogP contribution in [0.2, 0.25) is 5.02 Å². The summed E-state index contributed by atoms with van der Waals surface area (Å²) < 4.78 is 5.72. The predicted octanol–water partition coefficient (Wildman–Crippen LogP) is 4.75. The second kappa shape index (κ2) is 11.6. The Morgan fingerprint density at radius 2 is 1.80 bits per heavy atom. The van der Waals surface area contributed by atoms with Gasteiger partial charge in [0.05, 0.1) is 0 Å². The molecule has 1 N–H and O–H groups in total. The number of hydrogen-bond acceptors (Lipinski definition) is 3. The van der Waals surface area contributed by atoms with E-state index >= 15 is 0 Å². The van der Waals surface area contributed by atoms with Gasteiger partial charge in [-0.15, -0.1) is 0 Å². The number of benzene rings is 2. The van der Waals surface area contributed by atoms with Crippen molar-refractivity contribution in [1.82, 2.24) is 10.2 Å². The van der Waals surface area contributed by atoms with Crippen LogP contribution in [0.1, 0.15) is 44.7 Å². The van der Waals surface area contributed by atoms with Crippen LogP contribution in [0.4, 0.5) is 0 Å². The lowest BCUT2D eigenvalue weighted by atomic mass is 10.1. The van der Waals surface area contributed by atoms with Crippen LogP contribution in [-0.4, -0.2) is 35.4 Å². The average Bonchev–Trinajstić information content (AvgIpc) is 2.73. The Balaban J connectivity index is 2.20. The Morgan fingerprint density at radius 1 is 1.10 bits per heavy atom. The van der Waals surface area contributed by atoms with E-state index in [1.807, 2.05) is 64.1 Å². The van der Waals surface area contributed by atoms with E-state index in [1.54, 1.807) is 17.0 Å². The molecule has 2 aromatic rings. The molecule has 162 valence electrons. The van der Waals surface area contributed by atoms with Crippen molar-refractivity contribution < 1.29 is 14.3 Å². The first-order valence-electron chi connectivity index (χ1n) is 10.4. The minimum Gasteiger partial charge on any atom is -0.484 e. The number of ether oxygens (including phenoxy) is 1. The molecule has 0 radical (unpaired) electrons. The zero-order valence-electron chi connectivity index (χ0n) is 18.2. The quantitative estimate of drug-likeness (QED) is 0.591.